The molecule has 1 aromatic carbocycles. The van der Waals surface area contributed by atoms with Crippen LogP contribution in [0.5, 0.6) is 5.75 Å². The summed E-state index contributed by atoms with van der Waals surface area (Å²) in [5, 5.41) is 1.71. The second kappa shape index (κ2) is 4.13. The molecule has 0 aliphatic carbocycles. The maximum Gasteiger partial charge on any atom is 0.143 e. The molecule has 1 aromatic heterocycles. The second-order valence-electron chi connectivity index (χ2n) is 3.37. The van der Waals surface area contributed by atoms with E-state index in [4.69, 9.17) is 22.1 Å². The van der Waals surface area contributed by atoms with Crippen LogP contribution in [-0.4, -0.2) is 18.6 Å². The third kappa shape index (κ3) is 1.80. The van der Waals surface area contributed by atoms with Crippen LogP contribution >= 0.6 is 11.6 Å². The SMILES string of the molecule is COc1ccc(Cl)c2cc(CCN)[nH]c12. The standard InChI is InChI=1S/C11H13ClN2O/c1-15-10-3-2-9(12)8-6-7(4-5-13)14-11(8)10/h2-3,6,14H,4-5,13H2,1H3. The van der Waals surface area contributed by atoms with Gasteiger partial charge in [0.1, 0.15) is 5.75 Å². The van der Waals surface area contributed by atoms with Crippen molar-refractivity contribution in [2.75, 3.05) is 13.7 Å². The summed E-state index contributed by atoms with van der Waals surface area (Å²) in [6.45, 7) is 0.618. The molecular weight excluding hydrogens is 212 g/mol. The summed E-state index contributed by atoms with van der Waals surface area (Å²) < 4.78 is 5.25. The first-order valence-corrected chi connectivity index (χ1v) is 5.18. The Hall–Kier alpha value is -1.19. The lowest BCUT2D eigenvalue weighted by molar-refractivity contribution is 0.419. The number of aromatic nitrogens is 1. The highest BCUT2D eigenvalue weighted by atomic mass is 35.5. The van der Waals surface area contributed by atoms with Gasteiger partial charge in [-0.2, -0.15) is 0 Å². The minimum absolute atomic E-state index is 0.618. The molecule has 0 spiro atoms. The Kier molecular flexibility index (Phi) is 2.84. The smallest absolute Gasteiger partial charge is 0.143 e. The van der Waals surface area contributed by atoms with E-state index in [-0.39, 0.29) is 0 Å². The van der Waals surface area contributed by atoms with Crippen molar-refractivity contribution in [1.82, 2.24) is 4.98 Å². The van der Waals surface area contributed by atoms with Crippen molar-refractivity contribution in [2.24, 2.45) is 5.73 Å². The van der Waals surface area contributed by atoms with Crippen molar-refractivity contribution in [3.63, 3.8) is 0 Å². The van der Waals surface area contributed by atoms with Gasteiger partial charge in [-0.3, -0.25) is 0 Å². The molecular formula is C11H13ClN2O. The van der Waals surface area contributed by atoms with E-state index >= 15 is 0 Å². The van der Waals surface area contributed by atoms with Crippen molar-refractivity contribution < 1.29 is 4.74 Å². The van der Waals surface area contributed by atoms with Gasteiger partial charge in [0.2, 0.25) is 0 Å². The van der Waals surface area contributed by atoms with Crippen molar-refractivity contribution >= 4 is 22.5 Å². The van der Waals surface area contributed by atoms with E-state index in [0.29, 0.717) is 6.54 Å². The zero-order valence-electron chi connectivity index (χ0n) is 8.51. The van der Waals surface area contributed by atoms with Crippen molar-refractivity contribution in [3.8, 4) is 5.75 Å². The van der Waals surface area contributed by atoms with Crippen LogP contribution in [0.2, 0.25) is 5.02 Å². The van der Waals surface area contributed by atoms with Gasteiger partial charge in [0.15, 0.2) is 0 Å². The number of nitrogens with one attached hydrogen (secondary N) is 1. The molecule has 0 amide bonds. The number of nitrogens with two attached hydrogens (primary N) is 1. The van der Waals surface area contributed by atoms with Crippen molar-refractivity contribution in [3.05, 3.63) is 28.9 Å². The summed E-state index contributed by atoms with van der Waals surface area (Å²) >= 11 is 6.09. The van der Waals surface area contributed by atoms with Gasteiger partial charge in [-0.1, -0.05) is 11.6 Å². The topological polar surface area (TPSA) is 51.0 Å². The number of aromatic amines is 1. The third-order valence-corrected chi connectivity index (χ3v) is 2.72. The van der Waals surface area contributed by atoms with E-state index in [2.05, 4.69) is 4.98 Å². The molecule has 0 atom stereocenters. The summed E-state index contributed by atoms with van der Waals surface area (Å²) in [5.74, 6) is 0.803. The van der Waals surface area contributed by atoms with Crippen LogP contribution in [0.3, 0.4) is 0 Å². The number of H-pyrrole nitrogens is 1. The van der Waals surface area contributed by atoms with Crippen LogP contribution in [0.4, 0.5) is 0 Å². The number of rotatable bonds is 3. The quantitative estimate of drug-likeness (QED) is 0.841. The minimum atomic E-state index is 0.618. The lowest BCUT2D eigenvalue weighted by Gasteiger charge is -2.01. The van der Waals surface area contributed by atoms with Gasteiger partial charge >= 0.3 is 0 Å². The van der Waals surface area contributed by atoms with Crippen LogP contribution in [-0.2, 0) is 6.42 Å². The molecule has 1 heterocycles. The Morgan fingerprint density at radius 2 is 2.27 bits per heavy atom. The summed E-state index contributed by atoms with van der Waals surface area (Å²) in [6, 6.07) is 5.71. The molecule has 0 radical (unpaired) electrons. The average molecular weight is 225 g/mol. The number of halogens is 1. The monoisotopic (exact) mass is 224 g/mol. The first-order chi connectivity index (χ1) is 7.26. The summed E-state index contributed by atoms with van der Waals surface area (Å²) in [4.78, 5) is 3.27. The molecule has 0 bridgehead atoms. The van der Waals surface area contributed by atoms with Gasteiger partial charge in [-0.05, 0) is 31.2 Å². The highest BCUT2D eigenvalue weighted by Crippen LogP contribution is 2.31. The normalized spacial score (nSPS) is 10.9. The van der Waals surface area contributed by atoms with Crippen LogP contribution in [0.1, 0.15) is 5.69 Å². The third-order valence-electron chi connectivity index (χ3n) is 2.39. The Morgan fingerprint density at radius 3 is 2.93 bits per heavy atom. The molecule has 0 unspecified atom stereocenters. The lowest BCUT2D eigenvalue weighted by Crippen LogP contribution is -2.02. The van der Waals surface area contributed by atoms with E-state index in [1.165, 1.54) is 0 Å². The Morgan fingerprint density at radius 1 is 1.47 bits per heavy atom. The van der Waals surface area contributed by atoms with Crippen LogP contribution in [0.25, 0.3) is 10.9 Å². The number of hydrogen-bond donors (Lipinski definition) is 2. The molecule has 80 valence electrons. The molecule has 4 heteroatoms. The number of ether oxygens (including phenoxy) is 1. The number of fused-ring (bicyclic) bond motifs is 1. The summed E-state index contributed by atoms with van der Waals surface area (Å²) in [6.07, 6.45) is 0.814. The summed E-state index contributed by atoms with van der Waals surface area (Å²) in [5.41, 5.74) is 7.53. The van der Waals surface area contributed by atoms with E-state index in [1.54, 1.807) is 7.11 Å². The Bertz CT molecular complexity index is 479. The van der Waals surface area contributed by atoms with Gasteiger partial charge in [-0.15, -0.1) is 0 Å². The molecule has 2 aromatic rings. The molecule has 0 aliphatic heterocycles. The van der Waals surface area contributed by atoms with Gasteiger partial charge in [0, 0.05) is 11.1 Å². The molecule has 0 fully saturated rings. The van der Waals surface area contributed by atoms with E-state index in [1.807, 2.05) is 18.2 Å². The Balaban J connectivity index is 2.61. The van der Waals surface area contributed by atoms with E-state index in [0.717, 1.165) is 33.8 Å². The fraction of sp³-hybridized carbons (Fsp3) is 0.273. The molecule has 2 rings (SSSR count). The molecule has 3 N–H and O–H groups in total. The van der Waals surface area contributed by atoms with E-state index < -0.39 is 0 Å². The van der Waals surface area contributed by atoms with E-state index in [9.17, 15) is 0 Å². The molecule has 3 nitrogen and oxygen atoms in total. The zero-order valence-corrected chi connectivity index (χ0v) is 9.27. The average Bonchev–Trinajstić information content (AvgIpc) is 2.64. The maximum atomic E-state index is 6.09. The number of hydrogen-bond acceptors (Lipinski definition) is 2. The van der Waals surface area contributed by atoms with Gasteiger partial charge in [-0.25, -0.2) is 0 Å². The summed E-state index contributed by atoms with van der Waals surface area (Å²) in [7, 11) is 1.64. The first kappa shape index (κ1) is 10.3. The second-order valence-corrected chi connectivity index (χ2v) is 3.78. The Labute approximate surface area is 93.2 Å². The molecule has 0 saturated carbocycles. The zero-order chi connectivity index (χ0) is 10.8. The maximum absolute atomic E-state index is 6.09. The number of benzene rings is 1. The van der Waals surface area contributed by atoms with Crippen molar-refractivity contribution in [1.29, 1.82) is 0 Å². The predicted octanol–water partition coefficient (Wildman–Crippen LogP) is 2.33. The largest absolute Gasteiger partial charge is 0.495 e. The molecule has 0 aliphatic rings. The fourth-order valence-electron chi connectivity index (χ4n) is 1.68. The molecule has 15 heavy (non-hydrogen) atoms. The lowest BCUT2D eigenvalue weighted by atomic mass is 10.2. The fourth-order valence-corrected chi connectivity index (χ4v) is 1.89. The first-order valence-electron chi connectivity index (χ1n) is 4.80. The predicted molar refractivity (Wildman–Crippen MR) is 62.6 cm³/mol. The highest BCUT2D eigenvalue weighted by molar-refractivity contribution is 6.35. The minimum Gasteiger partial charge on any atom is -0.495 e. The van der Waals surface area contributed by atoms with Crippen LogP contribution in [0, 0.1) is 0 Å². The van der Waals surface area contributed by atoms with Gasteiger partial charge in [0.25, 0.3) is 0 Å². The number of methoxy groups -OCH3 is 1. The highest BCUT2D eigenvalue weighted by Gasteiger charge is 2.08. The van der Waals surface area contributed by atoms with Gasteiger partial charge in [0.05, 0.1) is 17.6 Å². The van der Waals surface area contributed by atoms with Crippen LogP contribution in [0.15, 0.2) is 18.2 Å². The van der Waals surface area contributed by atoms with Gasteiger partial charge < -0.3 is 15.5 Å². The van der Waals surface area contributed by atoms with Crippen molar-refractivity contribution in [2.45, 2.75) is 6.42 Å². The van der Waals surface area contributed by atoms with Crippen LogP contribution < -0.4 is 10.5 Å². The molecule has 0 saturated heterocycles.